The third-order valence-corrected chi connectivity index (χ3v) is 10.4. The summed E-state index contributed by atoms with van der Waals surface area (Å²) in [6, 6.07) is 0. The molecule has 2 fully saturated rings. The quantitative estimate of drug-likeness (QED) is 0.473. The molecule has 0 bridgehead atoms. The molecule has 0 aromatic rings. The first-order valence-corrected chi connectivity index (χ1v) is 12.6. The van der Waals surface area contributed by atoms with E-state index in [1.54, 1.807) is 5.57 Å². The Morgan fingerprint density at radius 3 is 2.65 bits per heavy atom. The van der Waals surface area contributed by atoms with E-state index in [2.05, 4.69) is 25.5 Å². The van der Waals surface area contributed by atoms with E-state index in [-0.39, 0.29) is 10.8 Å². The molecule has 0 aromatic carbocycles. The van der Waals surface area contributed by atoms with Crippen LogP contribution in [0, 0.1) is 22.7 Å². The summed E-state index contributed by atoms with van der Waals surface area (Å²) in [4.78, 5) is 24.8. The fourth-order valence-corrected chi connectivity index (χ4v) is 8.03. The number of rotatable bonds is 4. The first-order valence-electron chi connectivity index (χ1n) is 9.98. The lowest BCUT2D eigenvalue weighted by molar-refractivity contribution is -0.127. The molecule has 2 nitrogen and oxygen atoms in total. The van der Waals surface area contributed by atoms with Crippen molar-refractivity contribution in [2.45, 2.75) is 62.9 Å². The van der Waals surface area contributed by atoms with Crippen LogP contribution in [-0.4, -0.2) is 28.7 Å². The van der Waals surface area contributed by atoms with Crippen LogP contribution in [0.5, 0.6) is 0 Å². The molecular formula is C22H30O2S2. The molecule has 0 unspecified atom stereocenters. The van der Waals surface area contributed by atoms with Crippen LogP contribution in [0.1, 0.15) is 58.3 Å². The zero-order valence-corrected chi connectivity index (χ0v) is 17.8. The van der Waals surface area contributed by atoms with E-state index in [0.29, 0.717) is 34.4 Å². The molecule has 4 aliphatic rings. The van der Waals surface area contributed by atoms with Crippen LogP contribution >= 0.6 is 23.5 Å². The SMILES string of the molecule is CSC(C[C@]12CCC(=O)C=C1CC[C@@H]1C2=CC[C@]2(C)C(=O)CC[C@@H]12)SC. The summed E-state index contributed by atoms with van der Waals surface area (Å²) in [7, 11) is 0. The van der Waals surface area contributed by atoms with E-state index < -0.39 is 0 Å². The van der Waals surface area contributed by atoms with Gasteiger partial charge >= 0.3 is 0 Å². The minimum absolute atomic E-state index is 0.0838. The predicted molar refractivity (Wildman–Crippen MR) is 111 cm³/mol. The first kappa shape index (κ1) is 18.9. The van der Waals surface area contributed by atoms with Gasteiger partial charge in [-0.3, -0.25) is 9.59 Å². The molecule has 4 aliphatic carbocycles. The predicted octanol–water partition coefficient (Wildman–Crippen LogP) is 5.43. The number of thioether (sulfide) groups is 2. The molecule has 26 heavy (non-hydrogen) atoms. The van der Waals surface area contributed by atoms with Crippen LogP contribution in [0.4, 0.5) is 0 Å². The second-order valence-corrected chi connectivity index (χ2v) is 11.2. The first-order chi connectivity index (χ1) is 12.4. The molecule has 0 saturated heterocycles. The molecule has 0 aliphatic heterocycles. The third-order valence-electron chi connectivity index (χ3n) is 7.84. The molecule has 0 N–H and O–H groups in total. The Balaban J connectivity index is 1.78. The largest absolute Gasteiger partial charge is 0.299 e. The molecular weight excluding hydrogens is 360 g/mol. The highest BCUT2D eigenvalue weighted by Crippen LogP contribution is 2.64. The van der Waals surface area contributed by atoms with Crippen molar-refractivity contribution in [1.82, 2.24) is 0 Å². The second-order valence-electron chi connectivity index (χ2n) is 8.82. The Hall–Kier alpha value is -0.480. The highest BCUT2D eigenvalue weighted by Gasteiger charge is 2.57. The van der Waals surface area contributed by atoms with Gasteiger partial charge in [-0.05, 0) is 68.9 Å². The maximum atomic E-state index is 12.6. The van der Waals surface area contributed by atoms with Crippen LogP contribution in [0.15, 0.2) is 23.3 Å². The highest BCUT2D eigenvalue weighted by atomic mass is 32.2. The Bertz CT molecular complexity index is 690. The van der Waals surface area contributed by atoms with Crippen LogP contribution in [0.2, 0.25) is 0 Å². The Morgan fingerprint density at radius 2 is 1.92 bits per heavy atom. The number of allylic oxidation sites excluding steroid dienone is 4. The van der Waals surface area contributed by atoms with Gasteiger partial charge in [0, 0.05) is 23.7 Å². The fraction of sp³-hybridized carbons (Fsp3) is 0.727. The number of carbonyl (C=O) groups excluding carboxylic acids is 2. The number of carbonyl (C=O) groups is 2. The van der Waals surface area contributed by atoms with Gasteiger partial charge < -0.3 is 0 Å². The summed E-state index contributed by atoms with van der Waals surface area (Å²) >= 11 is 3.89. The monoisotopic (exact) mass is 390 g/mol. The van der Waals surface area contributed by atoms with Crippen molar-refractivity contribution in [2.75, 3.05) is 12.5 Å². The molecule has 0 spiro atoms. The topological polar surface area (TPSA) is 34.1 Å². The number of hydrogen-bond acceptors (Lipinski definition) is 4. The Labute approximate surface area is 166 Å². The Kier molecular flexibility index (Phi) is 4.97. The van der Waals surface area contributed by atoms with E-state index in [4.69, 9.17) is 0 Å². The van der Waals surface area contributed by atoms with Crippen molar-refractivity contribution < 1.29 is 9.59 Å². The molecule has 4 atom stereocenters. The van der Waals surface area contributed by atoms with Gasteiger partial charge in [0.1, 0.15) is 5.78 Å². The van der Waals surface area contributed by atoms with Gasteiger partial charge in [0.05, 0.1) is 4.58 Å². The number of hydrogen-bond donors (Lipinski definition) is 0. The van der Waals surface area contributed by atoms with E-state index in [1.807, 2.05) is 29.6 Å². The van der Waals surface area contributed by atoms with Gasteiger partial charge in [0.2, 0.25) is 0 Å². The molecule has 142 valence electrons. The van der Waals surface area contributed by atoms with Crippen LogP contribution in [0.25, 0.3) is 0 Å². The van der Waals surface area contributed by atoms with E-state index in [1.165, 1.54) is 5.57 Å². The van der Waals surface area contributed by atoms with Crippen molar-refractivity contribution in [3.8, 4) is 0 Å². The van der Waals surface area contributed by atoms with E-state index in [0.717, 1.165) is 44.9 Å². The van der Waals surface area contributed by atoms with Gasteiger partial charge in [-0.1, -0.05) is 24.1 Å². The second kappa shape index (κ2) is 6.84. The average Bonchev–Trinajstić information content (AvgIpc) is 2.95. The maximum Gasteiger partial charge on any atom is 0.155 e. The van der Waals surface area contributed by atoms with E-state index >= 15 is 0 Å². The average molecular weight is 391 g/mol. The molecule has 0 heterocycles. The summed E-state index contributed by atoms with van der Waals surface area (Å²) in [5.74, 6) is 1.87. The molecule has 0 amide bonds. The van der Waals surface area contributed by atoms with Gasteiger partial charge in [-0.2, -0.15) is 23.5 Å². The van der Waals surface area contributed by atoms with Crippen molar-refractivity contribution in [2.24, 2.45) is 22.7 Å². The summed E-state index contributed by atoms with van der Waals surface area (Å²) in [6.45, 7) is 2.22. The fourth-order valence-electron chi connectivity index (χ4n) is 6.36. The molecule has 2 saturated carbocycles. The zero-order chi connectivity index (χ0) is 18.5. The summed E-state index contributed by atoms with van der Waals surface area (Å²) in [5, 5.41) is 0. The summed E-state index contributed by atoms with van der Waals surface area (Å²) in [6.07, 6.45) is 16.6. The van der Waals surface area contributed by atoms with Crippen molar-refractivity contribution in [3.05, 3.63) is 23.3 Å². The standard InChI is InChI=1S/C22H30O2S2/c1-21-10-9-18-16(17(21)6-7-19(21)24)5-4-14-12-15(23)8-11-22(14,18)13-20(25-2)26-3/h9,12,16-17,20H,4-8,10-11,13H2,1-3H3/t16-,17-,21-,22+/m0/s1. The highest BCUT2D eigenvalue weighted by molar-refractivity contribution is 8.16. The van der Waals surface area contributed by atoms with Crippen LogP contribution in [0.3, 0.4) is 0 Å². The number of Topliss-reactive ketones (excluding diaryl/α,β-unsaturated/α-hetero) is 1. The van der Waals surface area contributed by atoms with Crippen LogP contribution < -0.4 is 0 Å². The zero-order valence-electron chi connectivity index (χ0n) is 16.2. The van der Waals surface area contributed by atoms with Crippen LogP contribution in [-0.2, 0) is 9.59 Å². The number of ketones is 2. The van der Waals surface area contributed by atoms with Crippen molar-refractivity contribution >= 4 is 35.1 Å². The van der Waals surface area contributed by atoms with Crippen molar-refractivity contribution in [3.63, 3.8) is 0 Å². The number of fused-ring (bicyclic) bond motifs is 5. The van der Waals surface area contributed by atoms with Crippen molar-refractivity contribution in [1.29, 1.82) is 0 Å². The lowest BCUT2D eigenvalue weighted by Crippen LogP contribution is -2.46. The maximum absolute atomic E-state index is 12.6. The Morgan fingerprint density at radius 1 is 1.15 bits per heavy atom. The van der Waals surface area contributed by atoms with Gasteiger partial charge in [0.25, 0.3) is 0 Å². The molecule has 4 heteroatoms. The summed E-state index contributed by atoms with van der Waals surface area (Å²) < 4.78 is 0.560. The van der Waals surface area contributed by atoms with Gasteiger partial charge in [0.15, 0.2) is 5.78 Å². The van der Waals surface area contributed by atoms with Gasteiger partial charge in [-0.15, -0.1) is 0 Å². The normalized spacial score (nSPS) is 39.2. The lowest BCUT2D eigenvalue weighted by Gasteiger charge is -2.54. The minimum atomic E-state index is -0.126. The summed E-state index contributed by atoms with van der Waals surface area (Å²) in [5.41, 5.74) is 2.96. The van der Waals surface area contributed by atoms with Gasteiger partial charge in [-0.25, -0.2) is 0 Å². The smallest absolute Gasteiger partial charge is 0.155 e. The molecule has 0 radical (unpaired) electrons. The third kappa shape index (κ3) is 2.70. The molecule has 4 rings (SSSR count). The molecule has 0 aromatic heterocycles. The van der Waals surface area contributed by atoms with E-state index in [9.17, 15) is 9.59 Å². The minimum Gasteiger partial charge on any atom is -0.299 e. The lowest BCUT2D eigenvalue weighted by atomic mass is 9.50.